The number of hydrogen-bond donors (Lipinski definition) is 1. The zero-order chi connectivity index (χ0) is 17.8. The number of hydrogen-bond acceptors (Lipinski definition) is 5. The maximum Gasteiger partial charge on any atom is 0.337 e. The summed E-state index contributed by atoms with van der Waals surface area (Å²) in [6.45, 7) is 3.43. The van der Waals surface area contributed by atoms with Crippen LogP contribution in [0, 0.1) is 6.92 Å². The summed E-state index contributed by atoms with van der Waals surface area (Å²) >= 11 is 1.81. The van der Waals surface area contributed by atoms with Crippen molar-refractivity contribution in [2.45, 2.75) is 25.8 Å². The summed E-state index contributed by atoms with van der Waals surface area (Å²) in [6, 6.07) is 11.4. The summed E-state index contributed by atoms with van der Waals surface area (Å²) in [5, 5.41) is 2.90. The molecule has 1 saturated heterocycles. The Balaban J connectivity index is 1.59. The molecule has 1 aliphatic heterocycles. The lowest BCUT2D eigenvalue weighted by Gasteiger charge is -2.23. The number of methoxy groups -OCH3 is 1. The number of nitrogens with zero attached hydrogens (tertiary/aromatic N) is 1. The molecular formula is C19H22N2O3S. The van der Waals surface area contributed by atoms with Crippen LogP contribution in [-0.4, -0.2) is 37.0 Å². The minimum Gasteiger partial charge on any atom is -0.465 e. The van der Waals surface area contributed by atoms with E-state index in [0.29, 0.717) is 23.8 Å². The number of benzene rings is 1. The second kappa shape index (κ2) is 7.80. The van der Waals surface area contributed by atoms with E-state index < -0.39 is 0 Å². The molecule has 0 spiro atoms. The van der Waals surface area contributed by atoms with Gasteiger partial charge in [-0.05, 0) is 62.7 Å². The lowest BCUT2D eigenvalue weighted by atomic mass is 10.2. The fourth-order valence-electron chi connectivity index (χ4n) is 3.16. The van der Waals surface area contributed by atoms with Gasteiger partial charge in [-0.25, -0.2) is 4.79 Å². The van der Waals surface area contributed by atoms with Crippen molar-refractivity contribution in [3.8, 4) is 0 Å². The Kier molecular flexibility index (Phi) is 5.50. The van der Waals surface area contributed by atoms with Crippen molar-refractivity contribution in [2.24, 2.45) is 0 Å². The largest absolute Gasteiger partial charge is 0.465 e. The number of amides is 1. The van der Waals surface area contributed by atoms with Gasteiger partial charge in [0.25, 0.3) is 0 Å². The van der Waals surface area contributed by atoms with Crippen molar-refractivity contribution >= 4 is 28.9 Å². The van der Waals surface area contributed by atoms with Crippen LogP contribution in [0.25, 0.3) is 0 Å². The van der Waals surface area contributed by atoms with Gasteiger partial charge in [0.2, 0.25) is 5.91 Å². The number of carbonyl (C=O) groups excluding carboxylic acids is 2. The summed E-state index contributed by atoms with van der Waals surface area (Å²) in [7, 11) is 1.35. The molecule has 2 aromatic rings. The van der Waals surface area contributed by atoms with E-state index in [9.17, 15) is 9.59 Å². The van der Waals surface area contributed by atoms with Crippen LogP contribution >= 0.6 is 11.3 Å². The highest BCUT2D eigenvalue weighted by molar-refractivity contribution is 7.12. The third kappa shape index (κ3) is 4.27. The van der Waals surface area contributed by atoms with Gasteiger partial charge in [0.15, 0.2) is 0 Å². The van der Waals surface area contributed by atoms with Crippen molar-refractivity contribution in [2.75, 3.05) is 25.5 Å². The van der Waals surface area contributed by atoms with Crippen LogP contribution in [0.4, 0.5) is 5.69 Å². The molecule has 0 saturated carbocycles. The van der Waals surface area contributed by atoms with Crippen molar-refractivity contribution in [1.82, 2.24) is 4.90 Å². The molecule has 0 bridgehead atoms. The molecule has 1 fully saturated rings. The van der Waals surface area contributed by atoms with Gasteiger partial charge in [-0.1, -0.05) is 0 Å². The minimum absolute atomic E-state index is 0.0361. The fourth-order valence-corrected chi connectivity index (χ4v) is 4.21. The molecule has 132 valence electrons. The average Bonchev–Trinajstić information content (AvgIpc) is 3.23. The molecular weight excluding hydrogens is 336 g/mol. The number of esters is 1. The van der Waals surface area contributed by atoms with Crippen molar-refractivity contribution in [3.05, 3.63) is 51.7 Å². The number of aryl methyl sites for hydroxylation is 1. The topological polar surface area (TPSA) is 58.6 Å². The number of carbonyl (C=O) groups is 2. The molecule has 1 atom stereocenters. The predicted octanol–water partition coefficient (Wildman–Crippen LogP) is 3.62. The quantitative estimate of drug-likeness (QED) is 0.830. The van der Waals surface area contributed by atoms with Crippen molar-refractivity contribution in [1.29, 1.82) is 0 Å². The second-order valence-corrected chi connectivity index (χ2v) is 7.51. The first-order valence-electron chi connectivity index (χ1n) is 8.35. The molecule has 1 N–H and O–H groups in total. The standard InChI is InChI=1S/C19H22N2O3S/c1-13-5-10-17(25-13)16-4-3-11-21(16)12-18(22)20-15-8-6-14(7-9-15)19(23)24-2/h5-10,16H,3-4,11-12H2,1-2H3,(H,20,22). The molecule has 1 aromatic carbocycles. The molecule has 0 aliphatic carbocycles. The molecule has 5 nitrogen and oxygen atoms in total. The number of likely N-dealkylation sites (tertiary alicyclic amines) is 1. The SMILES string of the molecule is COC(=O)c1ccc(NC(=O)CN2CCCC2c2ccc(C)s2)cc1. The molecule has 3 rings (SSSR count). The Morgan fingerprint density at radius 1 is 1.24 bits per heavy atom. The highest BCUT2D eigenvalue weighted by atomic mass is 32.1. The molecule has 1 aromatic heterocycles. The fraction of sp³-hybridized carbons (Fsp3) is 0.368. The van der Waals surface area contributed by atoms with E-state index in [1.807, 2.05) is 11.3 Å². The zero-order valence-electron chi connectivity index (χ0n) is 14.5. The lowest BCUT2D eigenvalue weighted by molar-refractivity contribution is -0.117. The first kappa shape index (κ1) is 17.6. The van der Waals surface area contributed by atoms with E-state index in [-0.39, 0.29) is 11.9 Å². The van der Waals surface area contributed by atoms with Crippen LogP contribution in [0.15, 0.2) is 36.4 Å². The number of ether oxygens (including phenoxy) is 1. The van der Waals surface area contributed by atoms with Gasteiger partial charge in [0.1, 0.15) is 0 Å². The first-order chi connectivity index (χ1) is 12.1. The van der Waals surface area contributed by atoms with E-state index in [0.717, 1.165) is 19.4 Å². The van der Waals surface area contributed by atoms with Crippen LogP contribution in [0.2, 0.25) is 0 Å². The number of nitrogens with one attached hydrogen (secondary N) is 1. The molecule has 0 radical (unpaired) electrons. The summed E-state index contributed by atoms with van der Waals surface area (Å²) in [5.41, 5.74) is 1.15. The normalized spacial score (nSPS) is 17.4. The van der Waals surface area contributed by atoms with Crippen LogP contribution < -0.4 is 5.32 Å². The number of thiophene rings is 1. The summed E-state index contributed by atoms with van der Waals surface area (Å²) in [6.07, 6.45) is 2.21. The second-order valence-electron chi connectivity index (χ2n) is 6.19. The summed E-state index contributed by atoms with van der Waals surface area (Å²) < 4.78 is 4.67. The Hall–Kier alpha value is -2.18. The Labute approximate surface area is 151 Å². The van der Waals surface area contributed by atoms with Crippen molar-refractivity contribution < 1.29 is 14.3 Å². The Morgan fingerprint density at radius 2 is 2.00 bits per heavy atom. The lowest BCUT2D eigenvalue weighted by Crippen LogP contribution is -2.32. The molecule has 6 heteroatoms. The van der Waals surface area contributed by atoms with E-state index in [1.54, 1.807) is 24.3 Å². The summed E-state index contributed by atoms with van der Waals surface area (Å²) in [5.74, 6) is -0.421. The first-order valence-corrected chi connectivity index (χ1v) is 9.17. The van der Waals surface area contributed by atoms with Crippen LogP contribution in [-0.2, 0) is 9.53 Å². The molecule has 2 heterocycles. The van der Waals surface area contributed by atoms with E-state index >= 15 is 0 Å². The Morgan fingerprint density at radius 3 is 2.64 bits per heavy atom. The van der Waals surface area contributed by atoms with Gasteiger partial charge in [0.05, 0.1) is 19.2 Å². The van der Waals surface area contributed by atoms with Gasteiger partial charge in [-0.15, -0.1) is 11.3 Å². The smallest absolute Gasteiger partial charge is 0.337 e. The van der Waals surface area contributed by atoms with Gasteiger partial charge < -0.3 is 10.1 Å². The zero-order valence-corrected chi connectivity index (χ0v) is 15.3. The van der Waals surface area contributed by atoms with E-state index in [4.69, 9.17) is 0 Å². The number of anilines is 1. The van der Waals surface area contributed by atoms with E-state index in [2.05, 4.69) is 34.0 Å². The van der Waals surface area contributed by atoms with Crippen molar-refractivity contribution in [3.63, 3.8) is 0 Å². The molecule has 1 amide bonds. The minimum atomic E-state index is -0.385. The van der Waals surface area contributed by atoms with Gasteiger partial charge in [-0.2, -0.15) is 0 Å². The average molecular weight is 358 g/mol. The monoisotopic (exact) mass is 358 g/mol. The third-order valence-corrected chi connectivity index (χ3v) is 5.49. The molecule has 25 heavy (non-hydrogen) atoms. The maximum atomic E-state index is 12.4. The highest BCUT2D eigenvalue weighted by Crippen LogP contribution is 2.35. The van der Waals surface area contributed by atoms with Gasteiger partial charge in [-0.3, -0.25) is 9.69 Å². The van der Waals surface area contributed by atoms with Gasteiger partial charge in [0, 0.05) is 21.5 Å². The highest BCUT2D eigenvalue weighted by Gasteiger charge is 2.28. The van der Waals surface area contributed by atoms with Crippen LogP contribution in [0.1, 0.15) is 39.0 Å². The Bertz CT molecular complexity index is 754. The van der Waals surface area contributed by atoms with E-state index in [1.165, 1.54) is 16.9 Å². The predicted molar refractivity (Wildman–Crippen MR) is 99.0 cm³/mol. The molecule has 1 aliphatic rings. The summed E-state index contributed by atoms with van der Waals surface area (Å²) in [4.78, 5) is 28.7. The van der Waals surface area contributed by atoms with Gasteiger partial charge >= 0.3 is 5.97 Å². The third-order valence-electron chi connectivity index (χ3n) is 4.39. The van der Waals surface area contributed by atoms with Crippen LogP contribution in [0.3, 0.4) is 0 Å². The maximum absolute atomic E-state index is 12.4. The van der Waals surface area contributed by atoms with Crippen LogP contribution in [0.5, 0.6) is 0 Å². The molecule has 1 unspecified atom stereocenters. The number of rotatable bonds is 5.